The van der Waals surface area contributed by atoms with Crippen LogP contribution >= 0.6 is 0 Å². The molecule has 0 radical (unpaired) electrons. The zero-order valence-electron chi connectivity index (χ0n) is 9.33. The van der Waals surface area contributed by atoms with Crippen molar-refractivity contribution in [3.05, 3.63) is 42.2 Å². The molecule has 0 bridgehead atoms. The number of carboxylic acid groups (broad SMARTS) is 1. The van der Waals surface area contributed by atoms with Crippen molar-refractivity contribution in [3.63, 3.8) is 0 Å². The number of aryl methyl sites for hydroxylation is 1. The number of benzene rings is 1. The first-order chi connectivity index (χ1) is 8.19. The number of aromatic nitrogens is 2. The van der Waals surface area contributed by atoms with Crippen molar-refractivity contribution >= 4 is 5.97 Å². The standard InChI is InChI=1S/C12H12N2O3/c1-2-14-8-11(7-13-14)17-10-5-3-9(4-6-10)12(15)16/h3-8H,2H2,1H3,(H,15,16). The van der Waals surface area contributed by atoms with Gasteiger partial charge in [0.1, 0.15) is 5.75 Å². The summed E-state index contributed by atoms with van der Waals surface area (Å²) >= 11 is 0. The first-order valence-corrected chi connectivity index (χ1v) is 5.22. The molecule has 0 atom stereocenters. The molecule has 1 aromatic heterocycles. The van der Waals surface area contributed by atoms with Gasteiger partial charge in [0.25, 0.3) is 0 Å². The number of ether oxygens (including phenoxy) is 1. The van der Waals surface area contributed by atoms with Crippen molar-refractivity contribution in [2.45, 2.75) is 13.5 Å². The van der Waals surface area contributed by atoms with Crippen molar-refractivity contribution in [1.29, 1.82) is 0 Å². The van der Waals surface area contributed by atoms with E-state index in [4.69, 9.17) is 9.84 Å². The minimum atomic E-state index is -0.949. The number of hydrogen-bond donors (Lipinski definition) is 1. The van der Waals surface area contributed by atoms with E-state index < -0.39 is 5.97 Å². The highest BCUT2D eigenvalue weighted by Gasteiger charge is 2.04. The molecular formula is C12H12N2O3. The lowest BCUT2D eigenvalue weighted by molar-refractivity contribution is 0.0697. The van der Waals surface area contributed by atoms with E-state index in [1.807, 2.05) is 6.92 Å². The molecule has 88 valence electrons. The summed E-state index contributed by atoms with van der Waals surface area (Å²) in [6.07, 6.45) is 3.40. The molecular weight excluding hydrogens is 220 g/mol. The predicted molar refractivity (Wildman–Crippen MR) is 61.4 cm³/mol. The summed E-state index contributed by atoms with van der Waals surface area (Å²) in [4.78, 5) is 10.7. The molecule has 0 unspecified atom stereocenters. The zero-order valence-corrected chi connectivity index (χ0v) is 9.33. The molecule has 1 aromatic carbocycles. The van der Waals surface area contributed by atoms with Crippen LogP contribution in [-0.2, 0) is 6.54 Å². The first-order valence-electron chi connectivity index (χ1n) is 5.22. The number of hydrogen-bond acceptors (Lipinski definition) is 3. The van der Waals surface area contributed by atoms with E-state index in [1.165, 1.54) is 12.1 Å². The Hall–Kier alpha value is -2.30. The van der Waals surface area contributed by atoms with E-state index >= 15 is 0 Å². The second-order valence-corrected chi connectivity index (χ2v) is 3.46. The fourth-order valence-corrected chi connectivity index (χ4v) is 1.37. The molecule has 1 heterocycles. The number of nitrogens with zero attached hydrogens (tertiary/aromatic N) is 2. The van der Waals surface area contributed by atoms with Crippen LogP contribution in [0, 0.1) is 0 Å². The molecule has 5 heteroatoms. The highest BCUT2D eigenvalue weighted by atomic mass is 16.5. The van der Waals surface area contributed by atoms with Crippen LogP contribution in [0.2, 0.25) is 0 Å². The number of carboxylic acids is 1. The van der Waals surface area contributed by atoms with Crippen LogP contribution in [0.4, 0.5) is 0 Å². The largest absolute Gasteiger partial charge is 0.478 e. The average molecular weight is 232 g/mol. The highest BCUT2D eigenvalue weighted by molar-refractivity contribution is 5.87. The minimum absolute atomic E-state index is 0.238. The van der Waals surface area contributed by atoms with Crippen molar-refractivity contribution in [3.8, 4) is 11.5 Å². The average Bonchev–Trinajstić information content (AvgIpc) is 2.77. The van der Waals surface area contributed by atoms with Gasteiger partial charge in [0.2, 0.25) is 0 Å². The van der Waals surface area contributed by atoms with Gasteiger partial charge in [-0.05, 0) is 31.2 Å². The Labute approximate surface area is 98.3 Å². The Morgan fingerprint density at radius 1 is 1.35 bits per heavy atom. The van der Waals surface area contributed by atoms with E-state index in [1.54, 1.807) is 29.2 Å². The van der Waals surface area contributed by atoms with Crippen LogP contribution in [-0.4, -0.2) is 20.9 Å². The molecule has 0 fully saturated rings. The van der Waals surface area contributed by atoms with Crippen LogP contribution < -0.4 is 4.74 Å². The van der Waals surface area contributed by atoms with Gasteiger partial charge in [-0.3, -0.25) is 4.68 Å². The monoisotopic (exact) mass is 232 g/mol. The Kier molecular flexibility index (Phi) is 3.09. The lowest BCUT2D eigenvalue weighted by Gasteiger charge is -2.02. The molecule has 0 aliphatic rings. The van der Waals surface area contributed by atoms with E-state index in [-0.39, 0.29) is 5.56 Å². The topological polar surface area (TPSA) is 64.3 Å². The van der Waals surface area contributed by atoms with Gasteiger partial charge in [-0.15, -0.1) is 0 Å². The Balaban J connectivity index is 2.10. The molecule has 1 N–H and O–H groups in total. The zero-order chi connectivity index (χ0) is 12.3. The number of rotatable bonds is 4. The van der Waals surface area contributed by atoms with Gasteiger partial charge in [0, 0.05) is 6.54 Å². The van der Waals surface area contributed by atoms with Gasteiger partial charge < -0.3 is 9.84 Å². The summed E-state index contributed by atoms with van der Waals surface area (Å²) in [5, 5.41) is 12.8. The second kappa shape index (κ2) is 4.69. The quantitative estimate of drug-likeness (QED) is 0.879. The lowest BCUT2D eigenvalue weighted by Crippen LogP contribution is -1.95. The minimum Gasteiger partial charge on any atom is -0.478 e. The summed E-state index contributed by atoms with van der Waals surface area (Å²) in [6, 6.07) is 6.24. The summed E-state index contributed by atoms with van der Waals surface area (Å²) in [6.45, 7) is 2.76. The Morgan fingerprint density at radius 2 is 2.06 bits per heavy atom. The summed E-state index contributed by atoms with van der Waals surface area (Å²) in [5.41, 5.74) is 0.238. The molecule has 0 aliphatic carbocycles. The molecule has 2 aromatic rings. The Morgan fingerprint density at radius 3 is 2.59 bits per heavy atom. The first kappa shape index (κ1) is 11.2. The third-order valence-corrected chi connectivity index (χ3v) is 2.27. The highest BCUT2D eigenvalue weighted by Crippen LogP contribution is 2.20. The molecule has 0 aliphatic heterocycles. The normalized spacial score (nSPS) is 10.2. The maximum Gasteiger partial charge on any atom is 0.335 e. The Bertz CT molecular complexity index is 517. The van der Waals surface area contributed by atoms with E-state index in [9.17, 15) is 4.79 Å². The van der Waals surface area contributed by atoms with Crippen LogP contribution in [0.5, 0.6) is 11.5 Å². The van der Waals surface area contributed by atoms with Crippen LogP contribution in [0.1, 0.15) is 17.3 Å². The molecule has 0 saturated heterocycles. The fraction of sp³-hybridized carbons (Fsp3) is 0.167. The van der Waals surface area contributed by atoms with Gasteiger partial charge in [-0.25, -0.2) is 4.79 Å². The smallest absolute Gasteiger partial charge is 0.335 e. The van der Waals surface area contributed by atoms with E-state index in [2.05, 4.69) is 5.10 Å². The van der Waals surface area contributed by atoms with Crippen molar-refractivity contribution in [2.24, 2.45) is 0 Å². The second-order valence-electron chi connectivity index (χ2n) is 3.46. The van der Waals surface area contributed by atoms with Crippen molar-refractivity contribution < 1.29 is 14.6 Å². The molecule has 5 nitrogen and oxygen atoms in total. The van der Waals surface area contributed by atoms with E-state index in [0.717, 1.165) is 6.54 Å². The summed E-state index contributed by atoms with van der Waals surface area (Å²) in [7, 11) is 0. The van der Waals surface area contributed by atoms with Crippen molar-refractivity contribution in [2.75, 3.05) is 0 Å². The van der Waals surface area contributed by atoms with Gasteiger partial charge in [-0.2, -0.15) is 5.10 Å². The van der Waals surface area contributed by atoms with Crippen LogP contribution in [0.25, 0.3) is 0 Å². The molecule has 2 rings (SSSR count). The SMILES string of the molecule is CCn1cc(Oc2ccc(C(=O)O)cc2)cn1. The summed E-state index contributed by atoms with van der Waals surface area (Å²) in [5.74, 6) is 0.274. The third kappa shape index (κ3) is 2.63. The maximum atomic E-state index is 10.7. The number of carbonyl (C=O) groups is 1. The fourth-order valence-electron chi connectivity index (χ4n) is 1.37. The molecule has 0 spiro atoms. The van der Waals surface area contributed by atoms with E-state index in [0.29, 0.717) is 11.5 Å². The third-order valence-electron chi connectivity index (χ3n) is 2.27. The maximum absolute atomic E-state index is 10.7. The molecule has 0 amide bonds. The number of aromatic carboxylic acids is 1. The van der Waals surface area contributed by atoms with Gasteiger partial charge in [0.15, 0.2) is 5.75 Å². The lowest BCUT2D eigenvalue weighted by atomic mass is 10.2. The van der Waals surface area contributed by atoms with Gasteiger partial charge >= 0.3 is 5.97 Å². The van der Waals surface area contributed by atoms with Crippen LogP contribution in [0.15, 0.2) is 36.7 Å². The van der Waals surface area contributed by atoms with Crippen LogP contribution in [0.3, 0.4) is 0 Å². The molecule has 17 heavy (non-hydrogen) atoms. The van der Waals surface area contributed by atoms with Gasteiger partial charge in [-0.1, -0.05) is 0 Å². The van der Waals surface area contributed by atoms with Gasteiger partial charge in [0.05, 0.1) is 18.0 Å². The summed E-state index contributed by atoms with van der Waals surface area (Å²) < 4.78 is 7.27. The van der Waals surface area contributed by atoms with Crippen molar-refractivity contribution in [1.82, 2.24) is 9.78 Å². The molecule has 0 saturated carbocycles. The predicted octanol–water partition coefficient (Wildman–Crippen LogP) is 2.39.